The highest BCUT2D eigenvalue weighted by molar-refractivity contribution is 5.46. The Morgan fingerprint density at radius 1 is 1.28 bits per heavy atom. The molecule has 3 heterocycles. The van der Waals surface area contributed by atoms with Crippen LogP contribution in [0.3, 0.4) is 0 Å². The van der Waals surface area contributed by atoms with E-state index >= 15 is 0 Å². The van der Waals surface area contributed by atoms with Crippen LogP contribution >= 0.6 is 0 Å². The van der Waals surface area contributed by atoms with Gasteiger partial charge in [0, 0.05) is 25.1 Å². The summed E-state index contributed by atoms with van der Waals surface area (Å²) in [5, 5.41) is 7.54. The fourth-order valence-corrected chi connectivity index (χ4v) is 2.96. The third-order valence-corrected chi connectivity index (χ3v) is 4.23. The van der Waals surface area contributed by atoms with Crippen molar-refractivity contribution in [2.75, 3.05) is 24.3 Å². The zero-order valence-electron chi connectivity index (χ0n) is 13.7. The molecule has 1 aliphatic rings. The molecule has 1 aliphatic heterocycles. The van der Waals surface area contributed by atoms with Crippen LogP contribution < -0.4 is 11.1 Å². The summed E-state index contributed by atoms with van der Waals surface area (Å²) < 4.78 is 7.18. The molecule has 4 rings (SSSR count). The molecule has 25 heavy (non-hydrogen) atoms. The Balaban J connectivity index is 1.54. The van der Waals surface area contributed by atoms with Gasteiger partial charge >= 0.3 is 0 Å². The first kappa shape index (κ1) is 15.5. The van der Waals surface area contributed by atoms with Crippen molar-refractivity contribution >= 4 is 11.8 Å². The van der Waals surface area contributed by atoms with Crippen LogP contribution in [0.5, 0.6) is 0 Å². The molecule has 1 fully saturated rings. The highest BCUT2D eigenvalue weighted by Gasteiger charge is 2.20. The maximum Gasteiger partial charge on any atom is 0.222 e. The number of hydrogen-bond acceptors (Lipinski definition) is 7. The molecule has 8 nitrogen and oxygen atoms in total. The lowest BCUT2D eigenvalue weighted by atomic mass is 10.0. The third-order valence-electron chi connectivity index (χ3n) is 4.23. The summed E-state index contributed by atoms with van der Waals surface area (Å²) in [6, 6.07) is 9.96. The smallest absolute Gasteiger partial charge is 0.222 e. The number of benzene rings is 1. The van der Waals surface area contributed by atoms with Crippen molar-refractivity contribution in [2.45, 2.75) is 18.9 Å². The van der Waals surface area contributed by atoms with Crippen molar-refractivity contribution in [3.8, 4) is 5.69 Å². The molecule has 128 valence electrons. The maximum absolute atomic E-state index is 5.88. The van der Waals surface area contributed by atoms with Gasteiger partial charge < -0.3 is 15.8 Å². The minimum atomic E-state index is 0.275. The predicted molar refractivity (Wildman–Crippen MR) is 93.3 cm³/mol. The van der Waals surface area contributed by atoms with Crippen LogP contribution in [0.2, 0.25) is 0 Å². The van der Waals surface area contributed by atoms with E-state index < -0.39 is 0 Å². The molecule has 1 atom stereocenters. The normalized spacial score (nSPS) is 16.9. The second kappa shape index (κ2) is 6.86. The Morgan fingerprint density at radius 3 is 3.00 bits per heavy atom. The second-order valence-electron chi connectivity index (χ2n) is 5.92. The number of hydrogen-bond donors (Lipinski definition) is 2. The average Bonchev–Trinajstić information content (AvgIpc) is 3.33. The number of nitrogens with two attached hydrogens (primary N) is 1. The molecule has 0 spiro atoms. The Morgan fingerprint density at radius 2 is 2.20 bits per heavy atom. The van der Waals surface area contributed by atoms with Crippen LogP contribution in [0.1, 0.15) is 23.6 Å². The second-order valence-corrected chi connectivity index (χ2v) is 5.92. The summed E-state index contributed by atoms with van der Waals surface area (Å²) in [6.45, 7) is 2.04. The van der Waals surface area contributed by atoms with Crippen LogP contribution in [0, 0.1) is 0 Å². The first-order chi connectivity index (χ1) is 12.3. The van der Waals surface area contributed by atoms with Gasteiger partial charge in [-0.25, -0.2) is 14.6 Å². The molecule has 3 N–H and O–H groups in total. The van der Waals surface area contributed by atoms with Gasteiger partial charge in [0.05, 0.1) is 18.0 Å². The molecular formula is C17H19N7O. The lowest BCUT2D eigenvalue weighted by Gasteiger charge is -2.13. The average molecular weight is 337 g/mol. The van der Waals surface area contributed by atoms with Crippen LogP contribution in [0.25, 0.3) is 5.69 Å². The zero-order valence-corrected chi connectivity index (χ0v) is 13.7. The van der Waals surface area contributed by atoms with E-state index in [0.29, 0.717) is 19.0 Å². The zero-order chi connectivity index (χ0) is 17.1. The lowest BCUT2D eigenvalue weighted by Crippen LogP contribution is -2.10. The van der Waals surface area contributed by atoms with Gasteiger partial charge in [0.15, 0.2) is 0 Å². The Labute approximate surface area is 145 Å². The molecule has 0 amide bonds. The summed E-state index contributed by atoms with van der Waals surface area (Å²) in [4.78, 5) is 12.7. The molecule has 0 saturated carbocycles. The molecule has 0 aliphatic carbocycles. The molecule has 0 radical (unpaired) electrons. The van der Waals surface area contributed by atoms with Crippen molar-refractivity contribution in [1.29, 1.82) is 0 Å². The van der Waals surface area contributed by atoms with Crippen LogP contribution in [-0.2, 0) is 11.3 Å². The Bertz CT molecular complexity index is 844. The quantitative estimate of drug-likeness (QED) is 0.731. The molecule has 3 aromatic rings. The molecular weight excluding hydrogens is 318 g/mol. The van der Waals surface area contributed by atoms with E-state index in [1.165, 1.54) is 6.33 Å². The number of para-hydroxylation sites is 1. The van der Waals surface area contributed by atoms with E-state index in [-0.39, 0.29) is 11.9 Å². The van der Waals surface area contributed by atoms with Crippen molar-refractivity contribution < 1.29 is 4.74 Å². The van der Waals surface area contributed by atoms with E-state index in [2.05, 4.69) is 25.4 Å². The largest absolute Gasteiger partial charge is 0.381 e. The van der Waals surface area contributed by atoms with Gasteiger partial charge in [-0.1, -0.05) is 18.2 Å². The topological polar surface area (TPSA) is 104 Å². The third kappa shape index (κ3) is 3.43. The highest BCUT2D eigenvalue weighted by Crippen LogP contribution is 2.26. The van der Waals surface area contributed by atoms with Crippen molar-refractivity contribution in [2.24, 2.45) is 0 Å². The number of ether oxygens (including phenoxy) is 1. The van der Waals surface area contributed by atoms with Crippen LogP contribution in [0.4, 0.5) is 11.8 Å². The SMILES string of the molecule is Nc1nc(NCc2ccccc2-n2cncn2)cc([C@@H]2CCOC2)n1. The fourth-order valence-electron chi connectivity index (χ4n) is 2.96. The van der Waals surface area contributed by atoms with Crippen molar-refractivity contribution in [3.05, 3.63) is 54.2 Å². The molecule has 0 unspecified atom stereocenters. The Kier molecular flexibility index (Phi) is 4.26. The van der Waals surface area contributed by atoms with Gasteiger partial charge in [-0.05, 0) is 18.1 Å². The summed E-state index contributed by atoms with van der Waals surface area (Å²) in [5.41, 5.74) is 8.86. The minimum Gasteiger partial charge on any atom is -0.381 e. The standard InChI is InChI=1S/C17H19N7O/c18-17-22-14(13-5-6-25-9-13)7-16(23-17)20-8-12-3-1-2-4-15(12)24-11-19-10-21-24/h1-4,7,10-11,13H,5-6,8-9H2,(H3,18,20,22,23)/t13-/m1/s1. The number of aromatic nitrogens is 5. The van der Waals surface area contributed by atoms with Gasteiger partial charge in [0.1, 0.15) is 18.5 Å². The molecule has 1 aromatic carbocycles. The monoisotopic (exact) mass is 337 g/mol. The van der Waals surface area contributed by atoms with Crippen molar-refractivity contribution in [3.63, 3.8) is 0 Å². The minimum absolute atomic E-state index is 0.275. The van der Waals surface area contributed by atoms with Crippen LogP contribution in [0.15, 0.2) is 43.0 Å². The predicted octanol–water partition coefficient (Wildman–Crippen LogP) is 1.76. The van der Waals surface area contributed by atoms with E-state index in [1.807, 2.05) is 30.3 Å². The maximum atomic E-state index is 5.88. The summed E-state index contributed by atoms with van der Waals surface area (Å²) in [6.07, 6.45) is 4.16. The number of nitrogen functional groups attached to an aromatic ring is 1. The van der Waals surface area contributed by atoms with E-state index in [0.717, 1.165) is 30.0 Å². The number of nitrogens with zero attached hydrogens (tertiary/aromatic N) is 5. The number of nitrogens with one attached hydrogen (secondary N) is 1. The Hall–Kier alpha value is -3.00. The van der Waals surface area contributed by atoms with Crippen LogP contribution in [-0.4, -0.2) is 37.9 Å². The first-order valence-electron chi connectivity index (χ1n) is 8.18. The molecule has 2 aromatic heterocycles. The molecule has 1 saturated heterocycles. The first-order valence-corrected chi connectivity index (χ1v) is 8.18. The van der Waals surface area contributed by atoms with E-state index in [9.17, 15) is 0 Å². The van der Waals surface area contributed by atoms with Gasteiger partial charge in [-0.15, -0.1) is 0 Å². The van der Waals surface area contributed by atoms with Crippen molar-refractivity contribution in [1.82, 2.24) is 24.7 Å². The van der Waals surface area contributed by atoms with E-state index in [4.69, 9.17) is 10.5 Å². The number of anilines is 2. The molecule has 8 heteroatoms. The molecule has 0 bridgehead atoms. The summed E-state index contributed by atoms with van der Waals surface area (Å²) in [7, 11) is 0. The summed E-state index contributed by atoms with van der Waals surface area (Å²) in [5.74, 6) is 1.27. The number of rotatable bonds is 5. The summed E-state index contributed by atoms with van der Waals surface area (Å²) >= 11 is 0. The van der Waals surface area contributed by atoms with Gasteiger partial charge in [-0.3, -0.25) is 0 Å². The highest BCUT2D eigenvalue weighted by atomic mass is 16.5. The van der Waals surface area contributed by atoms with E-state index in [1.54, 1.807) is 11.0 Å². The van der Waals surface area contributed by atoms with Gasteiger partial charge in [-0.2, -0.15) is 10.1 Å². The lowest BCUT2D eigenvalue weighted by molar-refractivity contribution is 0.193. The van der Waals surface area contributed by atoms with Gasteiger partial charge in [0.25, 0.3) is 0 Å². The van der Waals surface area contributed by atoms with Gasteiger partial charge in [0.2, 0.25) is 5.95 Å². The fraction of sp³-hybridized carbons (Fsp3) is 0.294.